The number of aromatic nitrogens is 3. The van der Waals surface area contributed by atoms with Crippen LogP contribution in [0, 0.1) is 13.5 Å². The predicted molar refractivity (Wildman–Crippen MR) is 97.7 cm³/mol. The van der Waals surface area contributed by atoms with Crippen LogP contribution in [-0.4, -0.2) is 27.9 Å². The number of nitrogens with one attached hydrogen (secondary N) is 1. The van der Waals surface area contributed by atoms with Crippen molar-refractivity contribution in [2.45, 2.75) is 33.1 Å². The molecule has 3 aromatic rings. The lowest BCUT2D eigenvalue weighted by Crippen LogP contribution is -2.10. The van der Waals surface area contributed by atoms with Gasteiger partial charge in [0.15, 0.2) is 5.82 Å². The Hall–Kier alpha value is -3.27. The second-order valence-corrected chi connectivity index (χ2v) is 7.01. The minimum atomic E-state index is -0.895. The molecule has 26 heavy (non-hydrogen) atoms. The van der Waals surface area contributed by atoms with Gasteiger partial charge in [-0.15, -0.1) is 5.10 Å². The smallest absolute Gasteiger partial charge is 0.437 e. The molecule has 0 unspecified atom stereocenters. The first-order valence-electron chi connectivity index (χ1n) is 8.11. The third-order valence-corrected chi connectivity index (χ3v) is 4.24. The highest BCUT2D eigenvalue weighted by Crippen LogP contribution is 2.37. The summed E-state index contributed by atoms with van der Waals surface area (Å²) in [6.45, 7) is 15.6. The average Bonchev–Trinajstić information content (AvgIpc) is 3.14. The van der Waals surface area contributed by atoms with Gasteiger partial charge < -0.3 is 14.5 Å². The number of hydrogen-bond donors (Lipinski definition) is 1. The Bertz CT molecular complexity index is 1010. The van der Waals surface area contributed by atoms with Gasteiger partial charge >= 0.3 is 6.16 Å². The van der Waals surface area contributed by atoms with Crippen LogP contribution in [-0.2, 0) is 10.2 Å². The first kappa shape index (κ1) is 17.5. The Balaban J connectivity index is 2.08. The van der Waals surface area contributed by atoms with Crippen LogP contribution in [0.2, 0.25) is 0 Å². The fraction of sp³-hybridized carbons (Fsp3) is 0.316. The van der Waals surface area contributed by atoms with E-state index in [1.54, 1.807) is 6.92 Å². The van der Waals surface area contributed by atoms with Gasteiger partial charge in [0.25, 0.3) is 5.69 Å². The maximum Gasteiger partial charge on any atom is 0.513 e. The van der Waals surface area contributed by atoms with E-state index in [0.717, 1.165) is 5.56 Å². The minimum Gasteiger partial charge on any atom is -0.437 e. The van der Waals surface area contributed by atoms with Gasteiger partial charge in [-0.2, -0.15) is 4.52 Å². The van der Waals surface area contributed by atoms with E-state index >= 15 is 0 Å². The number of rotatable bonds is 2. The lowest BCUT2D eigenvalue weighted by atomic mass is 9.87. The summed E-state index contributed by atoms with van der Waals surface area (Å²) in [4.78, 5) is 18.2. The molecule has 2 aromatic heterocycles. The zero-order valence-corrected chi connectivity index (χ0v) is 15.4. The first-order valence-corrected chi connectivity index (χ1v) is 8.11. The zero-order valence-electron chi connectivity index (χ0n) is 15.4. The van der Waals surface area contributed by atoms with Gasteiger partial charge in [0.1, 0.15) is 5.65 Å². The Morgan fingerprint density at radius 2 is 1.92 bits per heavy atom. The van der Waals surface area contributed by atoms with E-state index in [4.69, 9.17) is 11.3 Å². The number of hydrogen-bond acceptors (Lipinski definition) is 4. The minimum absolute atomic E-state index is 0.0492. The number of fused-ring (bicyclic) bond motifs is 1. The number of carbonyl (C=O) groups is 1. The number of carbonyl (C=O) groups excluding carboxylic acids is 1. The molecule has 1 N–H and O–H groups in total. The number of aromatic amines is 1. The van der Waals surface area contributed by atoms with Crippen LogP contribution < -0.4 is 4.74 Å². The second kappa shape index (κ2) is 6.23. The van der Waals surface area contributed by atoms with Crippen LogP contribution >= 0.6 is 0 Å². The monoisotopic (exact) mass is 352 g/mol. The van der Waals surface area contributed by atoms with Crippen molar-refractivity contribution in [2.75, 3.05) is 7.11 Å². The molecule has 7 nitrogen and oxygen atoms in total. The van der Waals surface area contributed by atoms with Gasteiger partial charge in [0.05, 0.1) is 13.7 Å². The molecule has 0 aliphatic heterocycles. The molecule has 0 atom stereocenters. The van der Waals surface area contributed by atoms with Crippen molar-refractivity contribution < 1.29 is 14.3 Å². The summed E-state index contributed by atoms with van der Waals surface area (Å²) in [7, 11) is 1.21. The van der Waals surface area contributed by atoms with Gasteiger partial charge in [-0.25, -0.2) is 9.64 Å². The van der Waals surface area contributed by atoms with Crippen molar-refractivity contribution in [3.05, 3.63) is 46.8 Å². The summed E-state index contributed by atoms with van der Waals surface area (Å²) in [6.07, 6.45) is -0.895. The van der Waals surface area contributed by atoms with E-state index in [-0.39, 0.29) is 17.0 Å². The topological polar surface area (TPSA) is 73.0 Å². The van der Waals surface area contributed by atoms with E-state index < -0.39 is 6.16 Å². The van der Waals surface area contributed by atoms with Crippen molar-refractivity contribution in [3.63, 3.8) is 0 Å². The number of aryl methyl sites for hydroxylation is 1. The summed E-state index contributed by atoms with van der Waals surface area (Å²) >= 11 is 0. The number of nitrogens with zero attached hydrogens (tertiary/aromatic N) is 3. The molecule has 0 aliphatic rings. The number of methoxy groups -OCH3 is 1. The molecule has 0 radical (unpaired) electrons. The lowest BCUT2D eigenvalue weighted by Gasteiger charge is -2.18. The summed E-state index contributed by atoms with van der Waals surface area (Å²) in [5, 5.41) is 4.48. The molecule has 134 valence electrons. The van der Waals surface area contributed by atoms with Crippen LogP contribution in [0.5, 0.6) is 5.88 Å². The number of ether oxygens (including phenoxy) is 2. The normalized spacial score (nSPS) is 11.4. The molecule has 0 bridgehead atoms. The molecule has 0 spiro atoms. The standard InChI is InChI=1S/C19H20N4O3/c1-11-14(20-5)17(26-18(24)25-6)23-16(11)21-15(22-23)12-7-9-13(10-8-12)19(2,3)4/h7-10H,1-4,6H3,(H,21,22). The quantitative estimate of drug-likeness (QED) is 0.539. The first-order chi connectivity index (χ1) is 12.3. The number of benzene rings is 1. The molecule has 2 heterocycles. The Morgan fingerprint density at radius 1 is 1.27 bits per heavy atom. The molecular formula is C19H20N4O3. The van der Waals surface area contributed by atoms with Crippen molar-refractivity contribution >= 4 is 17.5 Å². The average molecular weight is 352 g/mol. The molecule has 7 heteroatoms. The predicted octanol–water partition coefficient (Wildman–Crippen LogP) is 4.63. The van der Waals surface area contributed by atoms with E-state index in [2.05, 4.69) is 52.6 Å². The zero-order chi connectivity index (χ0) is 19.1. The summed E-state index contributed by atoms with van der Waals surface area (Å²) in [5.41, 5.74) is 3.67. The van der Waals surface area contributed by atoms with Crippen LogP contribution in [0.3, 0.4) is 0 Å². The Morgan fingerprint density at radius 3 is 2.46 bits per heavy atom. The van der Waals surface area contributed by atoms with Gasteiger partial charge in [0, 0.05) is 11.1 Å². The fourth-order valence-corrected chi connectivity index (χ4v) is 2.71. The van der Waals surface area contributed by atoms with Crippen LogP contribution in [0.15, 0.2) is 24.3 Å². The highest BCUT2D eigenvalue weighted by atomic mass is 16.7. The highest BCUT2D eigenvalue weighted by molar-refractivity contribution is 5.78. The Labute approximate surface area is 151 Å². The van der Waals surface area contributed by atoms with Crippen molar-refractivity contribution in [1.82, 2.24) is 14.6 Å². The lowest BCUT2D eigenvalue weighted by molar-refractivity contribution is 0.119. The summed E-state index contributed by atoms with van der Waals surface area (Å²) in [5.74, 6) is 0.669. The van der Waals surface area contributed by atoms with Gasteiger partial charge in [0.2, 0.25) is 5.88 Å². The molecule has 3 rings (SSSR count). The number of H-pyrrole nitrogens is 1. The maximum atomic E-state index is 11.5. The molecule has 0 aliphatic carbocycles. The molecule has 0 amide bonds. The molecular weight excluding hydrogens is 332 g/mol. The third kappa shape index (κ3) is 2.90. The van der Waals surface area contributed by atoms with E-state index in [0.29, 0.717) is 17.0 Å². The van der Waals surface area contributed by atoms with Crippen LogP contribution in [0.1, 0.15) is 31.9 Å². The third-order valence-electron chi connectivity index (χ3n) is 4.24. The van der Waals surface area contributed by atoms with Crippen LogP contribution in [0.25, 0.3) is 21.9 Å². The van der Waals surface area contributed by atoms with Gasteiger partial charge in [-0.3, -0.25) is 0 Å². The van der Waals surface area contributed by atoms with E-state index in [1.165, 1.54) is 17.2 Å². The molecule has 1 aromatic carbocycles. The highest BCUT2D eigenvalue weighted by Gasteiger charge is 2.23. The maximum absolute atomic E-state index is 11.5. The van der Waals surface area contributed by atoms with E-state index in [1.807, 2.05) is 12.1 Å². The Kier molecular flexibility index (Phi) is 4.20. The van der Waals surface area contributed by atoms with Crippen molar-refractivity contribution in [3.8, 4) is 17.3 Å². The summed E-state index contributed by atoms with van der Waals surface area (Å²) < 4.78 is 11.1. The summed E-state index contributed by atoms with van der Waals surface area (Å²) in [6, 6.07) is 8.11. The van der Waals surface area contributed by atoms with Gasteiger partial charge in [-0.1, -0.05) is 45.0 Å². The van der Waals surface area contributed by atoms with Crippen molar-refractivity contribution in [2.24, 2.45) is 0 Å². The van der Waals surface area contributed by atoms with E-state index in [9.17, 15) is 4.79 Å². The molecule has 0 saturated heterocycles. The second-order valence-electron chi connectivity index (χ2n) is 7.01. The largest absolute Gasteiger partial charge is 0.513 e. The van der Waals surface area contributed by atoms with Crippen LogP contribution in [0.4, 0.5) is 10.5 Å². The molecule has 0 fully saturated rings. The molecule has 0 saturated carbocycles. The SMILES string of the molecule is [C-]#[N+]c1c(C)c2[nH]c(-c3ccc(C(C)(C)C)cc3)nn2c1OC(=O)OC. The van der Waals surface area contributed by atoms with Gasteiger partial charge in [-0.05, 0) is 17.9 Å². The fourth-order valence-electron chi connectivity index (χ4n) is 2.71. The van der Waals surface area contributed by atoms with Crippen molar-refractivity contribution in [1.29, 1.82) is 0 Å².